The number of nitrogens with two attached hydrogens (primary N) is 2. The Hall–Kier alpha value is -1.83. The molecule has 0 unspecified atom stereocenters. The minimum absolute atomic E-state index is 0.0963. The number of rotatable bonds is 0. The zero-order valence-electron chi connectivity index (χ0n) is 6.00. The van der Waals surface area contributed by atoms with Crippen molar-refractivity contribution in [3.05, 3.63) is 11.3 Å². The summed E-state index contributed by atoms with van der Waals surface area (Å²) >= 11 is 0. The first kappa shape index (κ1) is 7.28. The minimum atomic E-state index is 0.0963. The number of anilines is 2. The molecule has 56 valence electrons. The molecule has 0 aromatic carbocycles. The molecule has 0 aliphatic rings. The molecule has 1 aromatic rings. The Morgan fingerprint density at radius 3 is 2.45 bits per heavy atom. The second kappa shape index (κ2) is 2.42. The van der Waals surface area contributed by atoms with Crippen LogP contribution in [0.3, 0.4) is 0 Å². The smallest absolute Gasteiger partial charge is 0.222 e. The quantitative estimate of drug-likeness (QED) is 0.532. The lowest BCUT2D eigenvalue weighted by molar-refractivity contribution is 1.11. The Morgan fingerprint density at radius 1 is 1.36 bits per heavy atom. The predicted molar refractivity (Wildman–Crippen MR) is 40.3 cm³/mol. The molecule has 11 heavy (non-hydrogen) atoms. The summed E-state index contributed by atoms with van der Waals surface area (Å²) in [7, 11) is 0. The molecule has 0 radical (unpaired) electrons. The molecule has 0 saturated heterocycles. The molecule has 0 atom stereocenters. The van der Waals surface area contributed by atoms with E-state index in [9.17, 15) is 0 Å². The van der Waals surface area contributed by atoms with Gasteiger partial charge in [0.1, 0.15) is 17.5 Å². The van der Waals surface area contributed by atoms with E-state index in [1.807, 2.05) is 6.07 Å². The molecule has 0 aliphatic heterocycles. The van der Waals surface area contributed by atoms with Crippen LogP contribution < -0.4 is 11.5 Å². The Labute approximate surface area is 63.7 Å². The maximum atomic E-state index is 8.54. The molecule has 0 spiro atoms. The van der Waals surface area contributed by atoms with E-state index in [1.54, 1.807) is 6.92 Å². The van der Waals surface area contributed by atoms with Crippen molar-refractivity contribution in [3.8, 4) is 6.07 Å². The van der Waals surface area contributed by atoms with Crippen molar-refractivity contribution >= 4 is 11.8 Å². The highest BCUT2D eigenvalue weighted by molar-refractivity contribution is 5.52. The monoisotopic (exact) mass is 149 g/mol. The van der Waals surface area contributed by atoms with Crippen molar-refractivity contribution in [2.75, 3.05) is 11.5 Å². The zero-order chi connectivity index (χ0) is 8.43. The van der Waals surface area contributed by atoms with Crippen molar-refractivity contribution in [2.45, 2.75) is 6.92 Å². The molecule has 4 N–H and O–H groups in total. The van der Waals surface area contributed by atoms with E-state index in [4.69, 9.17) is 16.7 Å². The number of nitrogen functional groups attached to an aromatic ring is 2. The average Bonchev–Trinajstić information content (AvgIpc) is 1.85. The van der Waals surface area contributed by atoms with Crippen LogP contribution >= 0.6 is 0 Å². The number of hydrogen-bond acceptors (Lipinski definition) is 5. The molecule has 0 bridgehead atoms. The molecular weight excluding hydrogens is 142 g/mol. The van der Waals surface area contributed by atoms with Crippen LogP contribution in [0.2, 0.25) is 0 Å². The van der Waals surface area contributed by atoms with Gasteiger partial charge in [0, 0.05) is 0 Å². The summed E-state index contributed by atoms with van der Waals surface area (Å²) in [6, 6.07) is 1.89. The topological polar surface area (TPSA) is 102 Å². The highest BCUT2D eigenvalue weighted by Crippen LogP contribution is 2.11. The highest BCUT2D eigenvalue weighted by Gasteiger charge is 2.05. The van der Waals surface area contributed by atoms with Crippen LogP contribution in [0.1, 0.15) is 11.3 Å². The molecule has 0 amide bonds. The Morgan fingerprint density at radius 2 is 2.00 bits per heavy atom. The molecule has 0 saturated carbocycles. The normalized spacial score (nSPS) is 9.09. The minimum Gasteiger partial charge on any atom is -0.382 e. The first-order chi connectivity index (χ1) is 5.15. The summed E-state index contributed by atoms with van der Waals surface area (Å²) in [5, 5.41) is 8.54. The van der Waals surface area contributed by atoms with Gasteiger partial charge in [0.25, 0.3) is 0 Å². The fourth-order valence-corrected chi connectivity index (χ4v) is 0.756. The lowest BCUT2D eigenvalue weighted by Crippen LogP contribution is -2.04. The largest absolute Gasteiger partial charge is 0.382 e. The fourth-order valence-electron chi connectivity index (χ4n) is 0.756. The van der Waals surface area contributed by atoms with E-state index in [0.717, 1.165) is 0 Å². The number of nitriles is 1. The van der Waals surface area contributed by atoms with Crippen molar-refractivity contribution in [2.24, 2.45) is 0 Å². The van der Waals surface area contributed by atoms with Crippen LogP contribution in [-0.2, 0) is 0 Å². The van der Waals surface area contributed by atoms with Gasteiger partial charge in [-0.05, 0) is 6.92 Å². The van der Waals surface area contributed by atoms with Gasteiger partial charge in [-0.1, -0.05) is 0 Å². The summed E-state index contributed by atoms with van der Waals surface area (Å²) in [4.78, 5) is 7.40. The SMILES string of the molecule is Cc1nc(N)nc(N)c1C#N. The summed E-state index contributed by atoms with van der Waals surface area (Å²) in [5.41, 5.74) is 11.5. The molecule has 1 heterocycles. The lowest BCUT2D eigenvalue weighted by Gasteiger charge is -1.99. The van der Waals surface area contributed by atoms with E-state index in [1.165, 1.54) is 0 Å². The van der Waals surface area contributed by atoms with E-state index >= 15 is 0 Å². The predicted octanol–water partition coefficient (Wildman–Crippen LogP) is -0.179. The maximum absolute atomic E-state index is 8.54. The molecule has 0 aliphatic carbocycles. The summed E-state index contributed by atoms with van der Waals surface area (Å²) in [5.74, 6) is 0.233. The average molecular weight is 149 g/mol. The van der Waals surface area contributed by atoms with Crippen molar-refractivity contribution < 1.29 is 0 Å². The fraction of sp³-hybridized carbons (Fsp3) is 0.167. The van der Waals surface area contributed by atoms with Crippen molar-refractivity contribution in [3.63, 3.8) is 0 Å². The number of aryl methyl sites for hydroxylation is 1. The zero-order valence-corrected chi connectivity index (χ0v) is 6.00. The van der Waals surface area contributed by atoms with E-state index in [2.05, 4.69) is 9.97 Å². The standard InChI is InChI=1S/C6H7N5/c1-3-4(2-7)5(8)11-6(9)10-3/h1H3,(H4,8,9,10,11). The van der Waals surface area contributed by atoms with E-state index < -0.39 is 0 Å². The van der Waals surface area contributed by atoms with Crippen LogP contribution in [-0.4, -0.2) is 9.97 Å². The van der Waals surface area contributed by atoms with Gasteiger partial charge in [-0.25, -0.2) is 4.98 Å². The highest BCUT2D eigenvalue weighted by atomic mass is 15.0. The van der Waals surface area contributed by atoms with Gasteiger partial charge in [-0.3, -0.25) is 0 Å². The van der Waals surface area contributed by atoms with Crippen LogP contribution in [0.4, 0.5) is 11.8 Å². The van der Waals surface area contributed by atoms with Gasteiger partial charge in [-0.15, -0.1) is 0 Å². The lowest BCUT2D eigenvalue weighted by atomic mass is 10.2. The van der Waals surface area contributed by atoms with Gasteiger partial charge >= 0.3 is 0 Å². The van der Waals surface area contributed by atoms with Gasteiger partial charge in [0.2, 0.25) is 5.95 Å². The van der Waals surface area contributed by atoms with Crippen molar-refractivity contribution in [1.29, 1.82) is 5.26 Å². The first-order valence-corrected chi connectivity index (χ1v) is 2.95. The molecule has 1 rings (SSSR count). The summed E-state index contributed by atoms with van der Waals surface area (Å²) in [6.45, 7) is 1.66. The van der Waals surface area contributed by atoms with Crippen LogP contribution in [0, 0.1) is 18.3 Å². The molecular formula is C6H7N5. The van der Waals surface area contributed by atoms with Gasteiger partial charge < -0.3 is 11.5 Å². The summed E-state index contributed by atoms with van der Waals surface area (Å²) in [6.07, 6.45) is 0. The third-order valence-electron chi connectivity index (χ3n) is 1.25. The first-order valence-electron chi connectivity index (χ1n) is 2.95. The molecule has 5 nitrogen and oxygen atoms in total. The Bertz CT molecular complexity index is 301. The number of nitrogens with zero attached hydrogens (tertiary/aromatic N) is 3. The van der Waals surface area contributed by atoms with E-state index in [0.29, 0.717) is 11.3 Å². The third kappa shape index (κ3) is 1.19. The van der Waals surface area contributed by atoms with E-state index in [-0.39, 0.29) is 11.8 Å². The second-order valence-electron chi connectivity index (χ2n) is 2.04. The van der Waals surface area contributed by atoms with Gasteiger partial charge in [0.05, 0.1) is 5.69 Å². The molecule has 0 fully saturated rings. The van der Waals surface area contributed by atoms with Crippen molar-refractivity contribution in [1.82, 2.24) is 9.97 Å². The second-order valence-corrected chi connectivity index (χ2v) is 2.04. The third-order valence-corrected chi connectivity index (χ3v) is 1.25. The summed E-state index contributed by atoms with van der Waals surface area (Å²) < 4.78 is 0. The Kier molecular flexibility index (Phi) is 1.60. The van der Waals surface area contributed by atoms with Crippen LogP contribution in [0.25, 0.3) is 0 Å². The molecule has 1 aromatic heterocycles. The number of aromatic nitrogens is 2. The van der Waals surface area contributed by atoms with Crippen LogP contribution in [0.15, 0.2) is 0 Å². The maximum Gasteiger partial charge on any atom is 0.222 e. The van der Waals surface area contributed by atoms with Crippen LogP contribution in [0.5, 0.6) is 0 Å². The van der Waals surface area contributed by atoms with Gasteiger partial charge in [-0.2, -0.15) is 10.2 Å². The Balaban J connectivity index is 3.40. The number of hydrogen-bond donors (Lipinski definition) is 2. The molecule has 5 heteroatoms. The van der Waals surface area contributed by atoms with Gasteiger partial charge in [0.15, 0.2) is 0 Å².